The molecule has 0 radical (unpaired) electrons. The first-order valence-electron chi connectivity index (χ1n) is 9.21. The van der Waals surface area contributed by atoms with Crippen LogP contribution in [0.5, 0.6) is 11.5 Å². The van der Waals surface area contributed by atoms with Crippen molar-refractivity contribution in [2.45, 2.75) is 6.54 Å². The lowest BCUT2D eigenvalue weighted by atomic mass is 10.1. The van der Waals surface area contributed by atoms with Crippen LogP contribution < -0.4 is 20.1 Å². The Bertz CT molecular complexity index is 1040. The fraction of sp³-hybridized carbons (Fsp3) is 0.130. The Morgan fingerprint density at radius 2 is 1.90 bits per heavy atom. The number of ether oxygens (including phenoxy) is 2. The van der Waals surface area contributed by atoms with Gasteiger partial charge in [-0.3, -0.25) is 9.59 Å². The minimum absolute atomic E-state index is 0.229. The van der Waals surface area contributed by atoms with E-state index in [-0.39, 0.29) is 17.6 Å². The van der Waals surface area contributed by atoms with E-state index in [0.717, 1.165) is 11.1 Å². The van der Waals surface area contributed by atoms with Crippen LogP contribution in [-0.2, 0) is 11.3 Å². The van der Waals surface area contributed by atoms with Crippen LogP contribution in [0.1, 0.15) is 21.7 Å². The summed E-state index contributed by atoms with van der Waals surface area (Å²) in [5.74, 6) is 0.925. The van der Waals surface area contributed by atoms with Crippen molar-refractivity contribution in [3.8, 4) is 11.5 Å². The highest BCUT2D eigenvalue weighted by Gasteiger charge is 2.09. The molecule has 0 fully saturated rings. The van der Waals surface area contributed by atoms with E-state index >= 15 is 0 Å². The van der Waals surface area contributed by atoms with Gasteiger partial charge in [0.15, 0.2) is 5.76 Å². The Morgan fingerprint density at radius 3 is 2.63 bits per heavy atom. The normalized spacial score (nSPS) is 10.6. The molecule has 0 aliphatic heterocycles. The number of amides is 2. The highest BCUT2D eigenvalue weighted by atomic mass is 16.5. The first kappa shape index (κ1) is 20.7. The first-order chi connectivity index (χ1) is 14.6. The van der Waals surface area contributed by atoms with Gasteiger partial charge >= 0.3 is 0 Å². The summed E-state index contributed by atoms with van der Waals surface area (Å²) in [7, 11) is 3.14. The number of rotatable bonds is 8. The molecule has 0 unspecified atom stereocenters. The maximum absolute atomic E-state index is 12.2. The molecule has 2 N–H and O–H groups in total. The van der Waals surface area contributed by atoms with Gasteiger partial charge in [-0.1, -0.05) is 12.1 Å². The zero-order chi connectivity index (χ0) is 21.3. The minimum Gasteiger partial charge on any atom is -0.497 e. The van der Waals surface area contributed by atoms with Gasteiger partial charge in [0.2, 0.25) is 5.91 Å². The van der Waals surface area contributed by atoms with Crippen LogP contribution in [0.15, 0.2) is 71.4 Å². The highest BCUT2D eigenvalue weighted by Crippen LogP contribution is 2.25. The second-order valence-electron chi connectivity index (χ2n) is 6.29. The van der Waals surface area contributed by atoms with Crippen molar-refractivity contribution >= 4 is 23.6 Å². The number of carbonyl (C=O) groups is 2. The second-order valence-corrected chi connectivity index (χ2v) is 6.29. The van der Waals surface area contributed by atoms with Crippen molar-refractivity contribution in [2.75, 3.05) is 19.5 Å². The quantitative estimate of drug-likeness (QED) is 0.554. The van der Waals surface area contributed by atoms with E-state index in [9.17, 15) is 9.59 Å². The molecule has 3 rings (SSSR count). The van der Waals surface area contributed by atoms with Crippen molar-refractivity contribution in [3.05, 3.63) is 83.8 Å². The summed E-state index contributed by atoms with van der Waals surface area (Å²) in [6.45, 7) is 0.313. The van der Waals surface area contributed by atoms with E-state index < -0.39 is 0 Å². The van der Waals surface area contributed by atoms with Crippen LogP contribution in [0.4, 0.5) is 5.69 Å². The summed E-state index contributed by atoms with van der Waals surface area (Å²) in [6.07, 6.45) is 4.55. The summed E-state index contributed by atoms with van der Waals surface area (Å²) in [6, 6.07) is 15.8. The van der Waals surface area contributed by atoms with E-state index in [1.54, 1.807) is 62.8 Å². The van der Waals surface area contributed by atoms with Crippen LogP contribution in [0, 0.1) is 0 Å². The molecule has 1 heterocycles. The van der Waals surface area contributed by atoms with Gasteiger partial charge in [-0.2, -0.15) is 0 Å². The number of benzene rings is 2. The Morgan fingerprint density at radius 1 is 1.03 bits per heavy atom. The molecule has 0 atom stereocenters. The monoisotopic (exact) mass is 406 g/mol. The molecule has 0 saturated carbocycles. The van der Waals surface area contributed by atoms with Gasteiger partial charge < -0.3 is 24.5 Å². The number of furan rings is 1. The molecule has 2 aromatic carbocycles. The summed E-state index contributed by atoms with van der Waals surface area (Å²) in [4.78, 5) is 24.2. The predicted octanol–water partition coefficient (Wildman–Crippen LogP) is 3.88. The molecular formula is C23H22N2O5. The standard InChI is InChI=1S/C23H22N2O5/c1-28-19-10-8-17(21(14-19)29-2)9-11-22(26)24-15-16-5-3-6-18(13-16)25-23(27)20-7-4-12-30-20/h3-14H,15H2,1-2H3,(H,24,26)(H,25,27)/b11-9+. The fourth-order valence-electron chi connectivity index (χ4n) is 2.73. The molecule has 3 aromatic rings. The average molecular weight is 406 g/mol. The third-order valence-corrected chi connectivity index (χ3v) is 4.25. The van der Waals surface area contributed by atoms with E-state index in [4.69, 9.17) is 13.9 Å². The average Bonchev–Trinajstić information content (AvgIpc) is 3.31. The zero-order valence-electron chi connectivity index (χ0n) is 16.7. The lowest BCUT2D eigenvalue weighted by molar-refractivity contribution is -0.116. The van der Waals surface area contributed by atoms with E-state index in [2.05, 4.69) is 10.6 Å². The lowest BCUT2D eigenvalue weighted by Gasteiger charge is -2.08. The highest BCUT2D eigenvalue weighted by molar-refractivity contribution is 6.02. The topological polar surface area (TPSA) is 89.8 Å². The molecule has 0 bridgehead atoms. The van der Waals surface area contributed by atoms with Crippen LogP contribution in [0.3, 0.4) is 0 Å². The van der Waals surface area contributed by atoms with E-state index in [0.29, 0.717) is 23.7 Å². The van der Waals surface area contributed by atoms with Gasteiger partial charge in [-0.25, -0.2) is 0 Å². The summed E-state index contributed by atoms with van der Waals surface area (Å²) < 4.78 is 15.6. The van der Waals surface area contributed by atoms with Crippen molar-refractivity contribution in [2.24, 2.45) is 0 Å². The van der Waals surface area contributed by atoms with Crippen molar-refractivity contribution in [3.63, 3.8) is 0 Å². The minimum atomic E-state index is -0.336. The third kappa shape index (κ3) is 5.51. The SMILES string of the molecule is COc1ccc(/C=C/C(=O)NCc2cccc(NC(=O)c3ccco3)c2)c(OC)c1. The number of hydrogen-bond donors (Lipinski definition) is 2. The maximum atomic E-state index is 12.2. The van der Waals surface area contributed by atoms with Crippen LogP contribution in [0.2, 0.25) is 0 Å². The Kier molecular flexibility index (Phi) is 6.89. The van der Waals surface area contributed by atoms with Gasteiger partial charge in [-0.05, 0) is 48.0 Å². The molecule has 0 saturated heterocycles. The number of carbonyl (C=O) groups excluding carboxylic acids is 2. The molecule has 7 nitrogen and oxygen atoms in total. The molecule has 7 heteroatoms. The van der Waals surface area contributed by atoms with Gasteiger partial charge in [0.05, 0.1) is 20.5 Å². The van der Waals surface area contributed by atoms with E-state index in [1.807, 2.05) is 12.1 Å². The number of methoxy groups -OCH3 is 2. The largest absolute Gasteiger partial charge is 0.497 e. The maximum Gasteiger partial charge on any atom is 0.291 e. The van der Waals surface area contributed by atoms with Crippen LogP contribution >= 0.6 is 0 Å². The molecule has 0 spiro atoms. The molecule has 0 aliphatic carbocycles. The number of anilines is 1. The van der Waals surface area contributed by atoms with Crippen LogP contribution in [0.25, 0.3) is 6.08 Å². The number of hydrogen-bond acceptors (Lipinski definition) is 5. The van der Waals surface area contributed by atoms with Gasteiger partial charge in [0.25, 0.3) is 5.91 Å². The van der Waals surface area contributed by atoms with Crippen molar-refractivity contribution in [1.82, 2.24) is 5.32 Å². The molecule has 2 amide bonds. The Balaban J connectivity index is 1.57. The molecule has 1 aromatic heterocycles. The zero-order valence-corrected chi connectivity index (χ0v) is 16.7. The molecule has 154 valence electrons. The van der Waals surface area contributed by atoms with Crippen molar-refractivity contribution in [1.29, 1.82) is 0 Å². The van der Waals surface area contributed by atoms with Crippen molar-refractivity contribution < 1.29 is 23.5 Å². The predicted molar refractivity (Wildman–Crippen MR) is 114 cm³/mol. The number of nitrogens with one attached hydrogen (secondary N) is 2. The first-order valence-corrected chi connectivity index (χ1v) is 9.21. The Labute approximate surface area is 174 Å². The summed E-state index contributed by atoms with van der Waals surface area (Å²) >= 11 is 0. The lowest BCUT2D eigenvalue weighted by Crippen LogP contribution is -2.20. The smallest absolute Gasteiger partial charge is 0.291 e. The molecule has 0 aliphatic rings. The van der Waals surface area contributed by atoms with Gasteiger partial charge in [0, 0.05) is 29.9 Å². The van der Waals surface area contributed by atoms with E-state index in [1.165, 1.54) is 12.3 Å². The van der Waals surface area contributed by atoms with Gasteiger partial charge in [0.1, 0.15) is 11.5 Å². The molecular weight excluding hydrogens is 384 g/mol. The molecule has 30 heavy (non-hydrogen) atoms. The Hall–Kier alpha value is -4.00. The second kappa shape index (κ2) is 9.97. The van der Waals surface area contributed by atoms with Crippen LogP contribution in [-0.4, -0.2) is 26.0 Å². The summed E-state index contributed by atoms with van der Waals surface area (Å²) in [5, 5.41) is 5.57. The summed E-state index contributed by atoms with van der Waals surface area (Å²) in [5.41, 5.74) is 2.22. The van der Waals surface area contributed by atoms with Gasteiger partial charge in [-0.15, -0.1) is 0 Å². The fourth-order valence-corrected chi connectivity index (χ4v) is 2.73. The third-order valence-electron chi connectivity index (χ3n) is 4.25.